The minimum atomic E-state index is -0.0565. The Labute approximate surface area is 150 Å². The number of hydrogen-bond donors (Lipinski definition) is 1. The molecule has 0 aliphatic heterocycles. The number of ether oxygens (including phenoxy) is 2. The predicted molar refractivity (Wildman–Crippen MR) is 97.1 cm³/mol. The monoisotopic (exact) mass is 343 g/mol. The molecule has 0 spiro atoms. The second-order valence-corrected chi connectivity index (χ2v) is 8.54. The fourth-order valence-electron chi connectivity index (χ4n) is 6.13. The molecule has 1 aromatic rings. The normalized spacial score (nSPS) is 33.8. The van der Waals surface area contributed by atoms with Gasteiger partial charge < -0.3 is 14.8 Å². The molecular weight excluding hydrogens is 314 g/mol. The molecule has 0 radical (unpaired) electrons. The van der Waals surface area contributed by atoms with Crippen LogP contribution in [0.4, 0.5) is 0 Å². The van der Waals surface area contributed by atoms with Gasteiger partial charge >= 0.3 is 0 Å². The summed E-state index contributed by atoms with van der Waals surface area (Å²) in [6, 6.07) is 5.58. The second-order valence-electron chi connectivity index (χ2n) is 8.54. The maximum atomic E-state index is 12.9. The van der Waals surface area contributed by atoms with Gasteiger partial charge in [0, 0.05) is 6.04 Å². The zero-order chi connectivity index (χ0) is 17.6. The first-order valence-electron chi connectivity index (χ1n) is 9.56. The summed E-state index contributed by atoms with van der Waals surface area (Å²) in [6.45, 7) is 2.21. The number of rotatable bonds is 5. The van der Waals surface area contributed by atoms with Crippen molar-refractivity contribution in [1.29, 1.82) is 0 Å². The van der Waals surface area contributed by atoms with E-state index in [1.807, 2.05) is 6.07 Å². The minimum absolute atomic E-state index is 0.0565. The van der Waals surface area contributed by atoms with Gasteiger partial charge in [0.25, 0.3) is 5.91 Å². The molecule has 4 aliphatic carbocycles. The number of methoxy groups -OCH3 is 2. The molecule has 4 fully saturated rings. The number of carbonyl (C=O) groups excluding carboxylic acids is 1. The highest BCUT2D eigenvalue weighted by Gasteiger charge is 2.53. The Morgan fingerprint density at radius 2 is 1.68 bits per heavy atom. The van der Waals surface area contributed by atoms with Crippen molar-refractivity contribution in [3.63, 3.8) is 0 Å². The molecule has 5 rings (SSSR count). The molecule has 0 heterocycles. The quantitative estimate of drug-likeness (QED) is 0.878. The number of hydrogen-bond acceptors (Lipinski definition) is 3. The van der Waals surface area contributed by atoms with Crippen molar-refractivity contribution in [2.45, 2.75) is 51.5 Å². The number of carbonyl (C=O) groups is 1. The molecule has 4 saturated carbocycles. The van der Waals surface area contributed by atoms with Crippen molar-refractivity contribution < 1.29 is 14.3 Å². The van der Waals surface area contributed by atoms with Crippen molar-refractivity contribution in [2.24, 2.45) is 23.2 Å². The van der Waals surface area contributed by atoms with Crippen LogP contribution in [0, 0.1) is 23.2 Å². The van der Waals surface area contributed by atoms with Crippen LogP contribution in [0.1, 0.15) is 55.8 Å². The van der Waals surface area contributed by atoms with Gasteiger partial charge in [-0.2, -0.15) is 0 Å². The highest BCUT2D eigenvalue weighted by atomic mass is 16.5. The summed E-state index contributed by atoms with van der Waals surface area (Å²) in [6.07, 6.45) is 8.12. The van der Waals surface area contributed by atoms with Crippen LogP contribution in [0.3, 0.4) is 0 Å². The first-order valence-corrected chi connectivity index (χ1v) is 9.56. The number of benzene rings is 1. The van der Waals surface area contributed by atoms with Gasteiger partial charge in [0.1, 0.15) is 11.5 Å². The van der Waals surface area contributed by atoms with E-state index in [2.05, 4.69) is 12.2 Å². The molecule has 25 heavy (non-hydrogen) atoms. The molecular formula is C21H29NO3. The highest BCUT2D eigenvalue weighted by Crippen LogP contribution is 2.61. The summed E-state index contributed by atoms with van der Waals surface area (Å²) in [5.41, 5.74) is 0.856. The maximum Gasteiger partial charge on any atom is 0.255 e. The minimum Gasteiger partial charge on any atom is -0.497 e. The lowest BCUT2D eigenvalue weighted by Crippen LogP contribution is -2.55. The third kappa shape index (κ3) is 2.90. The third-order valence-electron chi connectivity index (χ3n) is 7.00. The SMILES string of the molecule is COc1ccc(OC)c(C(=O)N[C@@H](C)C23CC4CC(CC(C4)C2)C3)c1. The topological polar surface area (TPSA) is 47.6 Å². The van der Waals surface area contributed by atoms with Crippen molar-refractivity contribution in [1.82, 2.24) is 5.32 Å². The van der Waals surface area contributed by atoms with Gasteiger partial charge in [0.05, 0.1) is 19.8 Å². The van der Waals surface area contributed by atoms with E-state index < -0.39 is 0 Å². The van der Waals surface area contributed by atoms with Crippen LogP contribution in [-0.4, -0.2) is 26.2 Å². The molecule has 0 unspecified atom stereocenters. The number of amides is 1. The van der Waals surface area contributed by atoms with E-state index in [0.29, 0.717) is 22.5 Å². The van der Waals surface area contributed by atoms with Gasteiger partial charge in [0.15, 0.2) is 0 Å². The average molecular weight is 343 g/mol. The Balaban J connectivity index is 1.53. The summed E-state index contributed by atoms with van der Waals surface area (Å²) in [5, 5.41) is 3.30. The van der Waals surface area contributed by atoms with Crippen LogP contribution >= 0.6 is 0 Å². The Bertz CT molecular complexity index is 634. The largest absolute Gasteiger partial charge is 0.497 e. The van der Waals surface area contributed by atoms with Gasteiger partial charge in [-0.25, -0.2) is 0 Å². The average Bonchev–Trinajstić information content (AvgIpc) is 2.59. The highest BCUT2D eigenvalue weighted by molar-refractivity contribution is 5.97. The summed E-state index contributed by atoms with van der Waals surface area (Å²) in [5.74, 6) is 3.87. The fourth-order valence-corrected chi connectivity index (χ4v) is 6.13. The molecule has 1 atom stereocenters. The van der Waals surface area contributed by atoms with Gasteiger partial charge in [-0.15, -0.1) is 0 Å². The van der Waals surface area contributed by atoms with Crippen LogP contribution < -0.4 is 14.8 Å². The van der Waals surface area contributed by atoms with Gasteiger partial charge in [0.2, 0.25) is 0 Å². The van der Waals surface area contributed by atoms with Gasteiger partial charge in [-0.05, 0) is 86.8 Å². The molecule has 4 aliphatic rings. The Kier molecular flexibility index (Phi) is 4.17. The molecule has 1 amide bonds. The van der Waals surface area contributed by atoms with E-state index in [-0.39, 0.29) is 11.9 Å². The third-order valence-corrected chi connectivity index (χ3v) is 7.00. The zero-order valence-electron chi connectivity index (χ0n) is 15.5. The van der Waals surface area contributed by atoms with Crippen LogP contribution in [0.5, 0.6) is 11.5 Å². The van der Waals surface area contributed by atoms with E-state index in [9.17, 15) is 4.79 Å². The van der Waals surface area contributed by atoms with Crippen LogP contribution in [0.15, 0.2) is 18.2 Å². The Morgan fingerprint density at radius 3 is 2.20 bits per heavy atom. The first-order chi connectivity index (χ1) is 12.0. The molecule has 0 saturated heterocycles. The lowest BCUT2D eigenvalue weighted by atomic mass is 9.48. The fraction of sp³-hybridized carbons (Fsp3) is 0.667. The molecule has 4 heteroatoms. The van der Waals surface area contributed by atoms with E-state index >= 15 is 0 Å². The van der Waals surface area contributed by atoms with Crippen LogP contribution in [0.25, 0.3) is 0 Å². The Morgan fingerprint density at radius 1 is 1.08 bits per heavy atom. The lowest BCUT2D eigenvalue weighted by molar-refractivity contribution is -0.0688. The van der Waals surface area contributed by atoms with E-state index in [1.165, 1.54) is 38.5 Å². The maximum absolute atomic E-state index is 12.9. The van der Waals surface area contributed by atoms with Crippen LogP contribution in [0.2, 0.25) is 0 Å². The second kappa shape index (κ2) is 6.22. The summed E-state index contributed by atoms with van der Waals surface area (Å²) < 4.78 is 10.7. The van der Waals surface area contributed by atoms with E-state index in [4.69, 9.17) is 9.47 Å². The molecule has 4 bridgehead atoms. The van der Waals surface area contributed by atoms with Gasteiger partial charge in [-0.1, -0.05) is 0 Å². The molecule has 0 aromatic heterocycles. The summed E-state index contributed by atoms with van der Waals surface area (Å²) >= 11 is 0. The van der Waals surface area contributed by atoms with Crippen LogP contribution in [-0.2, 0) is 0 Å². The molecule has 1 N–H and O–H groups in total. The predicted octanol–water partition coefficient (Wildman–Crippen LogP) is 4.04. The first kappa shape index (κ1) is 16.7. The van der Waals surface area contributed by atoms with E-state index in [1.54, 1.807) is 26.4 Å². The lowest BCUT2D eigenvalue weighted by Gasteiger charge is -2.59. The smallest absolute Gasteiger partial charge is 0.255 e. The van der Waals surface area contributed by atoms with Crippen molar-refractivity contribution in [3.8, 4) is 11.5 Å². The van der Waals surface area contributed by atoms with E-state index in [0.717, 1.165) is 17.8 Å². The van der Waals surface area contributed by atoms with Crippen molar-refractivity contribution in [3.05, 3.63) is 23.8 Å². The van der Waals surface area contributed by atoms with Crippen molar-refractivity contribution in [2.75, 3.05) is 14.2 Å². The molecule has 4 nitrogen and oxygen atoms in total. The van der Waals surface area contributed by atoms with Gasteiger partial charge in [-0.3, -0.25) is 4.79 Å². The summed E-state index contributed by atoms with van der Waals surface area (Å²) in [7, 11) is 3.21. The zero-order valence-corrected chi connectivity index (χ0v) is 15.5. The Hall–Kier alpha value is -1.71. The summed E-state index contributed by atoms with van der Waals surface area (Å²) in [4.78, 5) is 12.9. The standard InChI is InChI=1S/C21H29NO3/c1-13(21-10-14-6-15(11-21)8-16(7-14)12-21)22-20(23)18-9-17(24-2)4-5-19(18)25-3/h4-5,9,13-16H,6-8,10-12H2,1-3H3,(H,22,23)/t13-,14?,15?,16?,21?/m0/s1. The molecule has 1 aromatic carbocycles. The molecule has 136 valence electrons. The van der Waals surface area contributed by atoms with Crippen molar-refractivity contribution >= 4 is 5.91 Å². The number of nitrogens with one attached hydrogen (secondary N) is 1.